The Bertz CT molecular complexity index is 480. The van der Waals surface area contributed by atoms with Crippen LogP contribution in [-0.2, 0) is 0 Å². The summed E-state index contributed by atoms with van der Waals surface area (Å²) in [6.07, 6.45) is 2.73. The van der Waals surface area contributed by atoms with Gasteiger partial charge in [0, 0.05) is 17.6 Å². The number of fused-ring (bicyclic) bond motifs is 1. The molecule has 1 N–H and O–H groups in total. The lowest BCUT2D eigenvalue weighted by Crippen LogP contribution is -1.88. The molecule has 0 aromatic carbocycles. The minimum Gasteiger partial charge on any atom is -0.345 e. The molecule has 0 radical (unpaired) electrons. The smallest absolute Gasteiger partial charge is 0.288 e. The molecule has 0 aliphatic rings. The Labute approximate surface area is 77.5 Å². The first-order valence-electron chi connectivity index (χ1n) is 3.45. The minimum atomic E-state index is -0.504. The number of pyridine rings is 1. The topological polar surface area (TPSA) is 71.8 Å². The van der Waals surface area contributed by atoms with Crippen molar-refractivity contribution in [1.29, 1.82) is 0 Å². The standard InChI is InChI=1S/C7H4ClN3O2/c8-6-3-10-7-5(6)1-4(2-9-7)11(12)13/h1-3H,(H,9,10). The van der Waals surface area contributed by atoms with E-state index in [1.165, 1.54) is 12.3 Å². The molecular weight excluding hydrogens is 194 g/mol. The summed E-state index contributed by atoms with van der Waals surface area (Å²) in [6.45, 7) is 0. The molecule has 66 valence electrons. The van der Waals surface area contributed by atoms with Gasteiger partial charge in [-0.3, -0.25) is 10.1 Å². The van der Waals surface area contributed by atoms with Gasteiger partial charge in [0.1, 0.15) is 11.8 Å². The third-order valence-electron chi connectivity index (χ3n) is 1.68. The van der Waals surface area contributed by atoms with Crippen molar-refractivity contribution in [1.82, 2.24) is 9.97 Å². The van der Waals surface area contributed by atoms with Crippen LogP contribution in [0.1, 0.15) is 0 Å². The van der Waals surface area contributed by atoms with Crippen LogP contribution in [0.4, 0.5) is 5.69 Å². The van der Waals surface area contributed by atoms with Crippen LogP contribution in [0, 0.1) is 10.1 Å². The summed E-state index contributed by atoms with van der Waals surface area (Å²) in [7, 11) is 0. The third kappa shape index (κ3) is 1.23. The molecule has 2 rings (SSSR count). The van der Waals surface area contributed by atoms with Crippen molar-refractivity contribution in [3.63, 3.8) is 0 Å². The molecule has 0 fully saturated rings. The van der Waals surface area contributed by atoms with E-state index in [9.17, 15) is 10.1 Å². The van der Waals surface area contributed by atoms with E-state index >= 15 is 0 Å². The van der Waals surface area contributed by atoms with Crippen molar-refractivity contribution < 1.29 is 4.92 Å². The number of hydrogen-bond acceptors (Lipinski definition) is 3. The molecule has 6 heteroatoms. The van der Waals surface area contributed by atoms with Crippen LogP contribution >= 0.6 is 11.6 Å². The largest absolute Gasteiger partial charge is 0.345 e. The van der Waals surface area contributed by atoms with Crippen LogP contribution < -0.4 is 0 Å². The van der Waals surface area contributed by atoms with Crippen molar-refractivity contribution in [3.8, 4) is 0 Å². The van der Waals surface area contributed by atoms with Crippen LogP contribution in [0.3, 0.4) is 0 Å². The molecule has 0 saturated heterocycles. The number of halogens is 1. The maximum Gasteiger partial charge on any atom is 0.288 e. The van der Waals surface area contributed by atoms with E-state index in [2.05, 4.69) is 9.97 Å². The summed E-state index contributed by atoms with van der Waals surface area (Å²) in [5, 5.41) is 11.4. The molecular formula is C7H4ClN3O2. The average Bonchev–Trinajstić information content (AvgIpc) is 2.47. The first-order valence-corrected chi connectivity index (χ1v) is 3.83. The highest BCUT2D eigenvalue weighted by Crippen LogP contribution is 2.24. The molecule has 0 aliphatic heterocycles. The fourth-order valence-corrected chi connectivity index (χ4v) is 1.26. The Morgan fingerprint density at radius 1 is 1.62 bits per heavy atom. The van der Waals surface area contributed by atoms with Crippen molar-refractivity contribution in [2.24, 2.45) is 0 Å². The second-order valence-corrected chi connectivity index (χ2v) is 2.89. The number of H-pyrrole nitrogens is 1. The van der Waals surface area contributed by atoms with Gasteiger partial charge >= 0.3 is 0 Å². The molecule has 0 spiro atoms. The normalized spacial score (nSPS) is 10.5. The molecule has 0 aliphatic carbocycles. The predicted molar refractivity (Wildman–Crippen MR) is 47.8 cm³/mol. The molecule has 13 heavy (non-hydrogen) atoms. The lowest BCUT2D eigenvalue weighted by molar-refractivity contribution is -0.385. The van der Waals surface area contributed by atoms with E-state index in [0.29, 0.717) is 16.1 Å². The molecule has 0 bridgehead atoms. The van der Waals surface area contributed by atoms with Gasteiger partial charge in [-0.1, -0.05) is 11.6 Å². The summed E-state index contributed by atoms with van der Waals surface area (Å²) < 4.78 is 0. The Kier molecular flexibility index (Phi) is 1.66. The monoisotopic (exact) mass is 197 g/mol. The summed E-state index contributed by atoms with van der Waals surface area (Å²) in [4.78, 5) is 16.5. The van der Waals surface area contributed by atoms with Gasteiger partial charge in [-0.2, -0.15) is 0 Å². The van der Waals surface area contributed by atoms with Gasteiger partial charge in [-0.05, 0) is 0 Å². The number of nitrogens with zero attached hydrogens (tertiary/aromatic N) is 2. The quantitative estimate of drug-likeness (QED) is 0.562. The summed E-state index contributed by atoms with van der Waals surface area (Å²) in [5.74, 6) is 0. The van der Waals surface area contributed by atoms with E-state index in [4.69, 9.17) is 11.6 Å². The molecule has 2 aromatic rings. The van der Waals surface area contributed by atoms with Crippen molar-refractivity contribution in [2.75, 3.05) is 0 Å². The average molecular weight is 198 g/mol. The number of nitro groups is 1. The van der Waals surface area contributed by atoms with Crippen molar-refractivity contribution >= 4 is 28.3 Å². The maximum absolute atomic E-state index is 10.4. The van der Waals surface area contributed by atoms with Gasteiger partial charge < -0.3 is 4.98 Å². The third-order valence-corrected chi connectivity index (χ3v) is 1.99. The first kappa shape index (κ1) is 8.00. The second kappa shape index (κ2) is 2.70. The number of nitrogens with one attached hydrogen (secondary N) is 1. The predicted octanol–water partition coefficient (Wildman–Crippen LogP) is 2.12. The fourth-order valence-electron chi connectivity index (χ4n) is 1.06. The van der Waals surface area contributed by atoms with E-state index in [1.54, 1.807) is 6.20 Å². The lowest BCUT2D eigenvalue weighted by atomic mass is 10.3. The number of hydrogen-bond donors (Lipinski definition) is 1. The van der Waals surface area contributed by atoms with Gasteiger partial charge in [0.25, 0.3) is 5.69 Å². The summed E-state index contributed by atoms with van der Waals surface area (Å²) >= 11 is 5.76. The number of rotatable bonds is 1. The van der Waals surface area contributed by atoms with Crippen molar-refractivity contribution in [3.05, 3.63) is 33.6 Å². The van der Waals surface area contributed by atoms with E-state index in [1.807, 2.05) is 0 Å². The lowest BCUT2D eigenvalue weighted by Gasteiger charge is -1.90. The molecule has 0 saturated carbocycles. The minimum absolute atomic E-state index is 0.0611. The Morgan fingerprint density at radius 3 is 3.08 bits per heavy atom. The second-order valence-electron chi connectivity index (χ2n) is 2.48. The van der Waals surface area contributed by atoms with Gasteiger partial charge in [0.15, 0.2) is 0 Å². The summed E-state index contributed by atoms with van der Waals surface area (Å²) in [6, 6.07) is 1.39. The molecule has 2 aromatic heterocycles. The zero-order valence-corrected chi connectivity index (χ0v) is 7.08. The van der Waals surface area contributed by atoms with Crippen LogP contribution in [-0.4, -0.2) is 14.9 Å². The van der Waals surface area contributed by atoms with Crippen LogP contribution in [0.15, 0.2) is 18.5 Å². The highest BCUT2D eigenvalue weighted by molar-refractivity contribution is 6.35. The Morgan fingerprint density at radius 2 is 2.38 bits per heavy atom. The van der Waals surface area contributed by atoms with Gasteiger partial charge in [0.05, 0.1) is 9.95 Å². The van der Waals surface area contributed by atoms with E-state index < -0.39 is 4.92 Å². The fraction of sp³-hybridized carbons (Fsp3) is 0. The van der Waals surface area contributed by atoms with Gasteiger partial charge in [-0.15, -0.1) is 0 Å². The highest BCUT2D eigenvalue weighted by Gasteiger charge is 2.09. The van der Waals surface area contributed by atoms with Gasteiger partial charge in [0.2, 0.25) is 0 Å². The van der Waals surface area contributed by atoms with E-state index in [0.717, 1.165) is 0 Å². The van der Waals surface area contributed by atoms with E-state index in [-0.39, 0.29) is 5.69 Å². The zero-order valence-electron chi connectivity index (χ0n) is 6.32. The molecule has 2 heterocycles. The van der Waals surface area contributed by atoms with Crippen LogP contribution in [0.2, 0.25) is 5.02 Å². The molecule has 0 unspecified atom stereocenters. The molecule has 5 nitrogen and oxygen atoms in total. The number of aromatic nitrogens is 2. The van der Waals surface area contributed by atoms with Crippen LogP contribution in [0.25, 0.3) is 11.0 Å². The maximum atomic E-state index is 10.4. The van der Waals surface area contributed by atoms with Crippen molar-refractivity contribution in [2.45, 2.75) is 0 Å². The van der Waals surface area contributed by atoms with Crippen LogP contribution in [0.5, 0.6) is 0 Å². The molecule has 0 amide bonds. The number of aromatic amines is 1. The SMILES string of the molecule is O=[N+]([O-])c1cnc2[nH]cc(Cl)c2c1. The Hall–Kier alpha value is -1.62. The summed E-state index contributed by atoms with van der Waals surface area (Å²) in [5.41, 5.74) is 0.490. The zero-order chi connectivity index (χ0) is 9.42. The Balaban J connectivity index is 2.72. The van der Waals surface area contributed by atoms with Gasteiger partial charge in [-0.25, -0.2) is 4.98 Å². The highest BCUT2D eigenvalue weighted by atomic mass is 35.5. The molecule has 0 atom stereocenters. The first-order chi connectivity index (χ1) is 6.18.